The zero-order valence-electron chi connectivity index (χ0n) is 9.58. The molecule has 0 aliphatic rings. The Hall–Kier alpha value is -0.0900. The van der Waals surface area contributed by atoms with Crippen molar-refractivity contribution >= 4 is 10.1 Å². The van der Waals surface area contributed by atoms with E-state index in [2.05, 4.69) is 13.8 Å². The fourth-order valence-electron chi connectivity index (χ4n) is 1.73. The predicted octanol–water partition coefficient (Wildman–Crippen LogP) is 2.73. The second-order valence-electron chi connectivity index (χ2n) is 4.61. The maximum atomic E-state index is 10.8. The van der Waals surface area contributed by atoms with E-state index < -0.39 is 10.1 Å². The van der Waals surface area contributed by atoms with Crippen LogP contribution in [-0.2, 0) is 10.1 Å². The van der Waals surface area contributed by atoms with E-state index in [4.69, 9.17) is 4.55 Å². The van der Waals surface area contributed by atoms with Gasteiger partial charge in [-0.3, -0.25) is 4.55 Å². The third-order valence-electron chi connectivity index (χ3n) is 2.92. The zero-order chi connectivity index (χ0) is 11.4. The quantitative estimate of drug-likeness (QED) is 0.703. The Bertz CT molecular complexity index is 259. The summed E-state index contributed by atoms with van der Waals surface area (Å²) >= 11 is 0. The summed E-state index contributed by atoms with van der Waals surface area (Å²) < 4.78 is 30.5. The first-order valence-electron chi connectivity index (χ1n) is 5.17. The Labute approximate surface area is 87.7 Å². The maximum absolute atomic E-state index is 10.8. The Morgan fingerprint density at radius 1 is 1.36 bits per heavy atom. The van der Waals surface area contributed by atoms with Gasteiger partial charge in [-0.15, -0.1) is 0 Å². The fraction of sp³-hybridized carbons (Fsp3) is 1.00. The van der Waals surface area contributed by atoms with Crippen molar-refractivity contribution in [3.63, 3.8) is 0 Å². The van der Waals surface area contributed by atoms with E-state index in [1.807, 2.05) is 13.8 Å². The molecular weight excluding hydrogens is 200 g/mol. The van der Waals surface area contributed by atoms with Gasteiger partial charge in [0.1, 0.15) is 0 Å². The lowest BCUT2D eigenvalue weighted by Crippen LogP contribution is -2.28. The van der Waals surface area contributed by atoms with Crippen LogP contribution in [0.15, 0.2) is 0 Å². The van der Waals surface area contributed by atoms with E-state index in [0.29, 0.717) is 5.92 Å². The third kappa shape index (κ3) is 5.60. The van der Waals surface area contributed by atoms with Crippen LogP contribution >= 0.6 is 0 Å². The summed E-state index contributed by atoms with van der Waals surface area (Å²) in [5.41, 5.74) is -0.289. The van der Waals surface area contributed by atoms with Crippen molar-refractivity contribution in [2.75, 3.05) is 5.75 Å². The Morgan fingerprint density at radius 3 is 2.14 bits per heavy atom. The van der Waals surface area contributed by atoms with Crippen LogP contribution in [0.1, 0.15) is 47.0 Å². The van der Waals surface area contributed by atoms with E-state index in [-0.39, 0.29) is 11.2 Å². The topological polar surface area (TPSA) is 54.4 Å². The molecule has 0 bridgehead atoms. The van der Waals surface area contributed by atoms with E-state index >= 15 is 0 Å². The number of rotatable bonds is 6. The summed E-state index contributed by atoms with van der Waals surface area (Å²) in [5.74, 6) is 0.377. The lowest BCUT2D eigenvalue weighted by Gasteiger charge is -2.29. The zero-order valence-corrected chi connectivity index (χ0v) is 10.4. The SMILES string of the molecule is CCC(C)CC(C)(CC)CS(=O)(=O)O. The fourth-order valence-corrected chi connectivity index (χ4v) is 2.93. The van der Waals surface area contributed by atoms with Gasteiger partial charge >= 0.3 is 0 Å². The minimum Gasteiger partial charge on any atom is -0.286 e. The minimum atomic E-state index is -3.85. The smallest absolute Gasteiger partial charge is 0.265 e. The molecule has 3 nitrogen and oxygen atoms in total. The van der Waals surface area contributed by atoms with Gasteiger partial charge in [0.25, 0.3) is 10.1 Å². The first-order valence-corrected chi connectivity index (χ1v) is 6.78. The lowest BCUT2D eigenvalue weighted by molar-refractivity contribution is 0.260. The highest BCUT2D eigenvalue weighted by molar-refractivity contribution is 7.85. The minimum absolute atomic E-state index is 0.124. The molecule has 0 rings (SSSR count). The van der Waals surface area contributed by atoms with Crippen molar-refractivity contribution in [1.82, 2.24) is 0 Å². The van der Waals surface area contributed by atoms with Crippen molar-refractivity contribution < 1.29 is 13.0 Å². The molecule has 0 aromatic carbocycles. The van der Waals surface area contributed by atoms with Gasteiger partial charge in [-0.2, -0.15) is 8.42 Å². The van der Waals surface area contributed by atoms with Gasteiger partial charge in [-0.05, 0) is 24.2 Å². The summed E-state index contributed by atoms with van der Waals surface area (Å²) in [6.45, 7) is 8.09. The molecule has 0 fully saturated rings. The maximum Gasteiger partial charge on any atom is 0.265 e. The largest absolute Gasteiger partial charge is 0.286 e. The van der Waals surface area contributed by atoms with Crippen LogP contribution < -0.4 is 0 Å². The van der Waals surface area contributed by atoms with E-state index in [1.165, 1.54) is 0 Å². The van der Waals surface area contributed by atoms with Crippen LogP contribution in [0.4, 0.5) is 0 Å². The van der Waals surface area contributed by atoms with E-state index in [9.17, 15) is 8.42 Å². The summed E-state index contributed by atoms with van der Waals surface area (Å²) in [7, 11) is -3.85. The molecule has 0 amide bonds. The predicted molar refractivity (Wildman–Crippen MR) is 58.9 cm³/mol. The first kappa shape index (κ1) is 13.9. The van der Waals surface area contributed by atoms with Gasteiger partial charge < -0.3 is 0 Å². The van der Waals surface area contributed by atoms with Gasteiger partial charge in [0.05, 0.1) is 5.75 Å². The molecule has 0 saturated heterocycles. The van der Waals surface area contributed by atoms with Gasteiger partial charge in [-0.25, -0.2) is 0 Å². The molecule has 0 aliphatic carbocycles. The molecule has 2 atom stereocenters. The average molecular weight is 222 g/mol. The summed E-state index contributed by atoms with van der Waals surface area (Å²) in [4.78, 5) is 0. The molecule has 4 heteroatoms. The van der Waals surface area contributed by atoms with Gasteiger partial charge in [0, 0.05) is 0 Å². The highest BCUT2D eigenvalue weighted by Crippen LogP contribution is 2.32. The molecule has 86 valence electrons. The highest BCUT2D eigenvalue weighted by Gasteiger charge is 2.29. The van der Waals surface area contributed by atoms with Crippen LogP contribution in [0.3, 0.4) is 0 Å². The van der Waals surface area contributed by atoms with Crippen molar-refractivity contribution in [3.05, 3.63) is 0 Å². The Balaban J connectivity index is 4.48. The number of hydrogen-bond acceptors (Lipinski definition) is 2. The van der Waals surface area contributed by atoms with Gasteiger partial charge in [0.2, 0.25) is 0 Å². The van der Waals surface area contributed by atoms with E-state index in [1.54, 1.807) is 0 Å². The van der Waals surface area contributed by atoms with Crippen LogP contribution in [0, 0.1) is 11.3 Å². The van der Waals surface area contributed by atoms with E-state index in [0.717, 1.165) is 19.3 Å². The molecule has 0 aliphatic heterocycles. The third-order valence-corrected chi connectivity index (χ3v) is 3.98. The molecule has 2 unspecified atom stereocenters. The molecule has 0 heterocycles. The second kappa shape index (κ2) is 5.12. The lowest BCUT2D eigenvalue weighted by atomic mass is 9.80. The van der Waals surface area contributed by atoms with Crippen LogP contribution in [0.5, 0.6) is 0 Å². The molecule has 0 aromatic heterocycles. The average Bonchev–Trinajstić information content (AvgIpc) is 2.00. The van der Waals surface area contributed by atoms with Crippen LogP contribution in [0.2, 0.25) is 0 Å². The van der Waals surface area contributed by atoms with Crippen molar-refractivity contribution in [2.45, 2.75) is 47.0 Å². The van der Waals surface area contributed by atoms with Crippen molar-refractivity contribution in [3.8, 4) is 0 Å². The molecule has 14 heavy (non-hydrogen) atoms. The van der Waals surface area contributed by atoms with Crippen LogP contribution in [0.25, 0.3) is 0 Å². The molecule has 0 aromatic rings. The molecule has 0 radical (unpaired) electrons. The summed E-state index contributed by atoms with van der Waals surface area (Å²) in [6, 6.07) is 0. The standard InChI is InChI=1S/C10H22O3S/c1-5-9(3)7-10(4,6-2)8-14(11,12)13/h9H,5-8H2,1-4H3,(H,11,12,13). The van der Waals surface area contributed by atoms with Crippen molar-refractivity contribution in [1.29, 1.82) is 0 Å². The highest BCUT2D eigenvalue weighted by atomic mass is 32.2. The Kier molecular flexibility index (Phi) is 5.09. The van der Waals surface area contributed by atoms with Gasteiger partial charge in [0.15, 0.2) is 0 Å². The Morgan fingerprint density at radius 2 is 1.86 bits per heavy atom. The molecule has 0 saturated carbocycles. The van der Waals surface area contributed by atoms with Crippen LogP contribution in [-0.4, -0.2) is 18.7 Å². The first-order chi connectivity index (χ1) is 6.22. The second-order valence-corrected chi connectivity index (χ2v) is 6.06. The molecule has 0 spiro atoms. The number of hydrogen-bond donors (Lipinski definition) is 1. The molecular formula is C10H22O3S. The summed E-state index contributed by atoms with van der Waals surface area (Å²) in [5, 5.41) is 0. The van der Waals surface area contributed by atoms with Crippen molar-refractivity contribution in [2.24, 2.45) is 11.3 Å². The molecule has 1 N–H and O–H groups in total. The normalized spacial score (nSPS) is 18.9. The van der Waals surface area contributed by atoms with Gasteiger partial charge in [-0.1, -0.05) is 34.1 Å². The summed E-state index contributed by atoms with van der Waals surface area (Å²) in [6.07, 6.45) is 2.66. The monoisotopic (exact) mass is 222 g/mol.